The largest absolute Gasteiger partial charge is 0.383 e. The van der Waals surface area contributed by atoms with E-state index in [1.165, 1.54) is 0 Å². The van der Waals surface area contributed by atoms with E-state index in [9.17, 15) is 9.59 Å². The number of rotatable bonds is 5. The molecule has 1 aliphatic rings. The molecule has 0 spiro atoms. The fourth-order valence-electron chi connectivity index (χ4n) is 2.28. The highest BCUT2D eigenvalue weighted by Crippen LogP contribution is 2.09. The molecule has 1 saturated heterocycles. The van der Waals surface area contributed by atoms with Crippen molar-refractivity contribution in [3.8, 4) is 0 Å². The number of hydrogen-bond acceptors (Lipinski definition) is 4. The summed E-state index contributed by atoms with van der Waals surface area (Å²) in [5, 5.41) is 0. The number of nitrogens with zero attached hydrogens (tertiary/aromatic N) is 2. The minimum absolute atomic E-state index is 0.0360. The third-order valence-corrected chi connectivity index (χ3v) is 3.56. The van der Waals surface area contributed by atoms with Crippen molar-refractivity contribution in [2.24, 2.45) is 0 Å². The molecule has 5 heteroatoms. The second-order valence-corrected chi connectivity index (χ2v) is 4.87. The summed E-state index contributed by atoms with van der Waals surface area (Å²) < 4.78 is 5.06. The molecule has 0 N–H and O–H groups in total. The Bertz CT molecular complexity index is 451. The van der Waals surface area contributed by atoms with Gasteiger partial charge in [0.05, 0.1) is 6.61 Å². The highest BCUT2D eigenvalue weighted by molar-refractivity contribution is 5.95. The van der Waals surface area contributed by atoms with Crippen molar-refractivity contribution < 1.29 is 14.3 Å². The van der Waals surface area contributed by atoms with Crippen LogP contribution >= 0.6 is 0 Å². The van der Waals surface area contributed by atoms with Crippen molar-refractivity contribution >= 4 is 12.2 Å². The molecule has 0 radical (unpaired) electrons. The Morgan fingerprint density at radius 1 is 1.20 bits per heavy atom. The summed E-state index contributed by atoms with van der Waals surface area (Å²) in [5.41, 5.74) is 1.23. The summed E-state index contributed by atoms with van der Waals surface area (Å²) >= 11 is 0. The van der Waals surface area contributed by atoms with Gasteiger partial charge in [-0.3, -0.25) is 14.5 Å². The van der Waals surface area contributed by atoms with Gasteiger partial charge >= 0.3 is 0 Å². The van der Waals surface area contributed by atoms with E-state index in [0.717, 1.165) is 45.6 Å². The van der Waals surface area contributed by atoms with Gasteiger partial charge in [0.2, 0.25) is 0 Å². The summed E-state index contributed by atoms with van der Waals surface area (Å²) in [6.07, 6.45) is 0.781. The van der Waals surface area contributed by atoms with Gasteiger partial charge in [0.1, 0.15) is 6.29 Å². The summed E-state index contributed by atoms with van der Waals surface area (Å²) in [6.45, 7) is 4.85. The fourth-order valence-corrected chi connectivity index (χ4v) is 2.28. The first-order chi connectivity index (χ1) is 9.74. The minimum Gasteiger partial charge on any atom is -0.383 e. The van der Waals surface area contributed by atoms with E-state index in [2.05, 4.69) is 4.90 Å². The molecular formula is C15H20N2O3. The van der Waals surface area contributed by atoms with E-state index in [-0.39, 0.29) is 5.91 Å². The standard InChI is InChI=1S/C15H20N2O3/c1-20-11-10-16-6-8-17(9-7-16)15(19)14-4-2-13(12-18)3-5-14/h2-5,12H,6-11H2,1H3. The molecule has 0 aliphatic carbocycles. The maximum atomic E-state index is 12.3. The SMILES string of the molecule is COCCN1CCN(C(=O)c2ccc(C=O)cc2)CC1. The van der Waals surface area contributed by atoms with Gasteiger partial charge in [-0.2, -0.15) is 0 Å². The van der Waals surface area contributed by atoms with E-state index in [1.54, 1.807) is 31.4 Å². The maximum Gasteiger partial charge on any atom is 0.253 e. The van der Waals surface area contributed by atoms with Crippen LogP contribution in [0.15, 0.2) is 24.3 Å². The number of methoxy groups -OCH3 is 1. The zero-order valence-electron chi connectivity index (χ0n) is 11.7. The van der Waals surface area contributed by atoms with Crippen LogP contribution in [0.3, 0.4) is 0 Å². The number of amides is 1. The van der Waals surface area contributed by atoms with Gasteiger partial charge in [-0.15, -0.1) is 0 Å². The smallest absolute Gasteiger partial charge is 0.253 e. The zero-order chi connectivity index (χ0) is 14.4. The third kappa shape index (κ3) is 3.65. The molecular weight excluding hydrogens is 256 g/mol. The molecule has 108 valence electrons. The van der Waals surface area contributed by atoms with E-state index >= 15 is 0 Å². The van der Waals surface area contributed by atoms with E-state index in [4.69, 9.17) is 4.74 Å². The predicted molar refractivity (Wildman–Crippen MR) is 76.0 cm³/mol. The van der Waals surface area contributed by atoms with Gasteiger partial charge in [-0.05, 0) is 12.1 Å². The van der Waals surface area contributed by atoms with Gasteiger partial charge in [-0.25, -0.2) is 0 Å². The molecule has 1 fully saturated rings. The molecule has 1 aliphatic heterocycles. The van der Waals surface area contributed by atoms with Crippen LogP contribution in [0.25, 0.3) is 0 Å². The second-order valence-electron chi connectivity index (χ2n) is 4.87. The highest BCUT2D eigenvalue weighted by Gasteiger charge is 2.21. The topological polar surface area (TPSA) is 49.9 Å². The van der Waals surface area contributed by atoms with E-state index in [0.29, 0.717) is 11.1 Å². The van der Waals surface area contributed by atoms with Crippen LogP contribution in [0, 0.1) is 0 Å². The molecule has 1 aromatic carbocycles. The van der Waals surface area contributed by atoms with E-state index < -0.39 is 0 Å². The molecule has 0 atom stereocenters. The lowest BCUT2D eigenvalue weighted by Gasteiger charge is -2.34. The van der Waals surface area contributed by atoms with Gasteiger partial charge in [-0.1, -0.05) is 12.1 Å². The maximum absolute atomic E-state index is 12.3. The van der Waals surface area contributed by atoms with Crippen molar-refractivity contribution in [2.45, 2.75) is 0 Å². The first-order valence-electron chi connectivity index (χ1n) is 6.80. The Morgan fingerprint density at radius 2 is 1.85 bits per heavy atom. The van der Waals surface area contributed by atoms with Crippen molar-refractivity contribution in [2.75, 3.05) is 46.4 Å². The summed E-state index contributed by atoms with van der Waals surface area (Å²) in [7, 11) is 1.70. The molecule has 0 aromatic heterocycles. The average Bonchev–Trinajstić information content (AvgIpc) is 2.53. The molecule has 20 heavy (non-hydrogen) atoms. The van der Waals surface area contributed by atoms with Crippen LogP contribution in [0.4, 0.5) is 0 Å². The van der Waals surface area contributed by atoms with Crippen LogP contribution in [-0.2, 0) is 4.74 Å². The number of carbonyl (C=O) groups is 2. The number of benzene rings is 1. The van der Waals surface area contributed by atoms with Crippen LogP contribution in [-0.4, -0.2) is 68.4 Å². The molecule has 5 nitrogen and oxygen atoms in total. The predicted octanol–water partition coefficient (Wildman–Crippen LogP) is 0.903. The number of hydrogen-bond donors (Lipinski definition) is 0. The van der Waals surface area contributed by atoms with Crippen molar-refractivity contribution in [3.05, 3.63) is 35.4 Å². The Hall–Kier alpha value is -1.72. The third-order valence-electron chi connectivity index (χ3n) is 3.56. The monoisotopic (exact) mass is 276 g/mol. The van der Waals surface area contributed by atoms with Gasteiger partial charge in [0, 0.05) is 51.0 Å². The quantitative estimate of drug-likeness (QED) is 0.750. The molecule has 1 amide bonds. The minimum atomic E-state index is 0.0360. The average molecular weight is 276 g/mol. The number of aldehydes is 1. The first kappa shape index (κ1) is 14.7. The highest BCUT2D eigenvalue weighted by atomic mass is 16.5. The van der Waals surface area contributed by atoms with Gasteiger partial charge in [0.25, 0.3) is 5.91 Å². The Balaban J connectivity index is 1.89. The molecule has 0 saturated carbocycles. The summed E-state index contributed by atoms with van der Waals surface area (Å²) in [6, 6.07) is 6.77. The van der Waals surface area contributed by atoms with Crippen LogP contribution in [0.2, 0.25) is 0 Å². The van der Waals surface area contributed by atoms with Crippen molar-refractivity contribution in [1.29, 1.82) is 0 Å². The van der Waals surface area contributed by atoms with Crippen LogP contribution < -0.4 is 0 Å². The molecule has 0 bridgehead atoms. The second kappa shape index (κ2) is 7.17. The van der Waals surface area contributed by atoms with Crippen molar-refractivity contribution in [1.82, 2.24) is 9.80 Å². The lowest BCUT2D eigenvalue weighted by atomic mass is 10.1. The van der Waals surface area contributed by atoms with Crippen LogP contribution in [0.5, 0.6) is 0 Å². The lowest BCUT2D eigenvalue weighted by molar-refractivity contribution is 0.0594. The first-order valence-corrected chi connectivity index (χ1v) is 6.80. The zero-order valence-corrected chi connectivity index (χ0v) is 11.7. The Labute approximate surface area is 119 Å². The molecule has 2 rings (SSSR count). The summed E-state index contributed by atoms with van der Waals surface area (Å²) in [5.74, 6) is 0.0360. The lowest BCUT2D eigenvalue weighted by Crippen LogP contribution is -2.49. The van der Waals surface area contributed by atoms with Gasteiger partial charge < -0.3 is 9.64 Å². The Morgan fingerprint density at radius 3 is 2.40 bits per heavy atom. The van der Waals surface area contributed by atoms with E-state index in [1.807, 2.05) is 4.90 Å². The molecule has 1 heterocycles. The summed E-state index contributed by atoms with van der Waals surface area (Å²) in [4.78, 5) is 27.1. The number of ether oxygens (including phenoxy) is 1. The van der Waals surface area contributed by atoms with Gasteiger partial charge in [0.15, 0.2) is 0 Å². The molecule has 0 unspecified atom stereocenters. The fraction of sp³-hybridized carbons (Fsp3) is 0.467. The normalized spacial score (nSPS) is 16.1. The molecule has 1 aromatic rings. The van der Waals surface area contributed by atoms with Crippen molar-refractivity contribution in [3.63, 3.8) is 0 Å². The number of carbonyl (C=O) groups excluding carboxylic acids is 2. The van der Waals surface area contributed by atoms with Crippen LogP contribution in [0.1, 0.15) is 20.7 Å². The Kier molecular flexibility index (Phi) is 5.26. The number of piperazine rings is 1.